The van der Waals surface area contributed by atoms with Gasteiger partial charge in [-0.3, -0.25) is 0 Å². The van der Waals surface area contributed by atoms with Gasteiger partial charge in [-0.25, -0.2) is 19.7 Å². The molecule has 11 heteroatoms. The monoisotopic (exact) mass is 493 g/mol. The zero-order valence-electron chi connectivity index (χ0n) is 20.0. The Morgan fingerprint density at radius 2 is 2.14 bits per heavy atom. The molecule has 1 saturated heterocycles. The van der Waals surface area contributed by atoms with Crippen LogP contribution in [0.25, 0.3) is 33.3 Å². The predicted molar refractivity (Wildman–Crippen MR) is 136 cm³/mol. The van der Waals surface area contributed by atoms with Crippen molar-refractivity contribution in [2.75, 3.05) is 32.4 Å². The number of nitrogen functional groups attached to an aromatic ring is 1. The lowest BCUT2D eigenvalue weighted by molar-refractivity contribution is 0.140. The molecule has 0 saturated carbocycles. The van der Waals surface area contributed by atoms with E-state index in [0.29, 0.717) is 35.3 Å². The summed E-state index contributed by atoms with van der Waals surface area (Å²) in [5.74, 6) is 0.371. The van der Waals surface area contributed by atoms with E-state index in [0.717, 1.165) is 47.2 Å². The van der Waals surface area contributed by atoms with Crippen LogP contribution in [0.4, 0.5) is 10.6 Å². The molecule has 10 nitrogen and oxygen atoms in total. The summed E-state index contributed by atoms with van der Waals surface area (Å²) >= 11 is 6.88. The van der Waals surface area contributed by atoms with Crippen molar-refractivity contribution in [3.63, 3.8) is 0 Å². The second kappa shape index (κ2) is 7.82. The Hall–Kier alpha value is -3.37. The number of nitrogens with two attached hydrogens (primary N) is 1. The van der Waals surface area contributed by atoms with Crippen molar-refractivity contribution in [2.24, 2.45) is 0 Å². The van der Waals surface area contributed by atoms with E-state index in [1.54, 1.807) is 6.20 Å². The molecule has 0 aromatic carbocycles. The van der Waals surface area contributed by atoms with Gasteiger partial charge in [-0.1, -0.05) is 11.6 Å². The van der Waals surface area contributed by atoms with Crippen molar-refractivity contribution in [1.29, 1.82) is 0 Å². The molecule has 6 rings (SSSR count). The number of halogens is 1. The number of hydrogen-bond donors (Lipinski definition) is 3. The number of fused-ring (bicyclic) bond motifs is 4. The number of carbonyl (C=O) groups excluding carboxylic acids is 1. The number of hydrogen-bond acceptors (Lipinski definition) is 6. The van der Waals surface area contributed by atoms with Crippen LogP contribution in [0, 0.1) is 0 Å². The topological polar surface area (TPSA) is 121 Å². The molecule has 2 aliphatic heterocycles. The van der Waals surface area contributed by atoms with Crippen LogP contribution in [0.1, 0.15) is 26.0 Å². The Kier molecular flexibility index (Phi) is 4.94. The van der Waals surface area contributed by atoms with Crippen LogP contribution < -0.4 is 11.1 Å². The summed E-state index contributed by atoms with van der Waals surface area (Å²) in [5.41, 5.74) is 9.83. The number of likely N-dealkylation sites (N-methyl/N-ethyl adjacent to an activating group) is 1. The van der Waals surface area contributed by atoms with Gasteiger partial charge in [0.05, 0.1) is 28.2 Å². The van der Waals surface area contributed by atoms with Gasteiger partial charge in [0.25, 0.3) is 0 Å². The lowest BCUT2D eigenvalue weighted by Gasteiger charge is -2.41. The predicted octanol–water partition coefficient (Wildman–Crippen LogP) is 3.17. The first kappa shape index (κ1) is 22.1. The number of aromatic amines is 1. The summed E-state index contributed by atoms with van der Waals surface area (Å²) in [7, 11) is 2.07. The second-order valence-electron chi connectivity index (χ2n) is 10.2. The molecule has 182 valence electrons. The van der Waals surface area contributed by atoms with Crippen molar-refractivity contribution in [3.05, 3.63) is 35.4 Å². The molecular weight excluding hydrogens is 466 g/mol. The number of nitrogens with zero attached hydrogens (tertiary/aromatic N) is 6. The van der Waals surface area contributed by atoms with Crippen molar-refractivity contribution in [2.45, 2.75) is 38.4 Å². The van der Waals surface area contributed by atoms with Crippen molar-refractivity contribution < 1.29 is 4.79 Å². The highest BCUT2D eigenvalue weighted by molar-refractivity contribution is 6.38. The third kappa shape index (κ3) is 3.42. The fourth-order valence-electron chi connectivity index (χ4n) is 5.65. The fourth-order valence-corrected chi connectivity index (χ4v) is 5.95. The average molecular weight is 494 g/mol. The molecule has 2 aliphatic rings. The van der Waals surface area contributed by atoms with Crippen molar-refractivity contribution in [1.82, 2.24) is 39.6 Å². The minimum absolute atomic E-state index is 0.0655. The lowest BCUT2D eigenvalue weighted by Crippen LogP contribution is -2.53. The number of aromatic nitrogens is 5. The minimum Gasteiger partial charge on any atom is -0.383 e. The van der Waals surface area contributed by atoms with Crippen LogP contribution in [-0.4, -0.2) is 73.1 Å². The quantitative estimate of drug-likeness (QED) is 0.394. The van der Waals surface area contributed by atoms with Crippen molar-refractivity contribution >= 4 is 45.5 Å². The van der Waals surface area contributed by atoms with Crippen LogP contribution in [0.2, 0.25) is 5.02 Å². The van der Waals surface area contributed by atoms with Gasteiger partial charge in [-0.05, 0) is 46.0 Å². The maximum atomic E-state index is 13.4. The van der Waals surface area contributed by atoms with E-state index in [2.05, 4.69) is 55.6 Å². The maximum Gasteiger partial charge on any atom is 0.318 e. The van der Waals surface area contributed by atoms with Crippen LogP contribution in [0.15, 0.2) is 24.7 Å². The summed E-state index contributed by atoms with van der Waals surface area (Å²) < 4.78 is 2.18. The number of nitrogens with one attached hydrogen (secondary N) is 2. The Morgan fingerprint density at radius 1 is 1.31 bits per heavy atom. The van der Waals surface area contributed by atoms with Gasteiger partial charge >= 0.3 is 6.03 Å². The van der Waals surface area contributed by atoms with Gasteiger partial charge in [0, 0.05) is 42.0 Å². The number of urea groups is 1. The molecule has 4 aromatic heterocycles. The molecule has 1 atom stereocenters. The number of likely N-dealkylation sites (tertiary alicyclic amines) is 1. The molecule has 0 bridgehead atoms. The van der Waals surface area contributed by atoms with E-state index in [9.17, 15) is 4.79 Å². The largest absolute Gasteiger partial charge is 0.383 e. The van der Waals surface area contributed by atoms with Gasteiger partial charge in [-0.15, -0.1) is 0 Å². The first-order chi connectivity index (χ1) is 16.7. The standard InChI is InChI=1S/C24H28ClN9O/c1-24(2)11-33(23(35)30-13-6-8-32(3)9-13)10-15-16(17-20(26)28-12-29-22(17)34(15)24)19-18(25)14-5-4-7-27-21(14)31-19/h4-5,7,12-13H,6,8-11H2,1-3H3,(H,27,31)(H,30,35)(H2,26,28,29)/t13-/m0/s1. The third-order valence-corrected chi connectivity index (χ3v) is 7.56. The molecule has 35 heavy (non-hydrogen) atoms. The smallest absolute Gasteiger partial charge is 0.318 e. The molecule has 0 radical (unpaired) electrons. The van der Waals surface area contributed by atoms with Crippen molar-refractivity contribution in [3.8, 4) is 11.3 Å². The Bertz CT molecular complexity index is 1470. The molecule has 0 unspecified atom stereocenters. The Morgan fingerprint density at radius 3 is 2.89 bits per heavy atom. The van der Waals surface area contributed by atoms with E-state index in [-0.39, 0.29) is 12.1 Å². The summed E-state index contributed by atoms with van der Waals surface area (Å²) in [6.45, 7) is 6.98. The van der Waals surface area contributed by atoms with Crippen LogP contribution in [0.5, 0.6) is 0 Å². The average Bonchev–Trinajstić information content (AvgIpc) is 3.48. The van der Waals surface area contributed by atoms with E-state index in [1.165, 1.54) is 6.33 Å². The molecule has 0 spiro atoms. The highest BCUT2D eigenvalue weighted by Crippen LogP contribution is 2.45. The third-order valence-electron chi connectivity index (χ3n) is 7.16. The molecule has 0 aliphatic carbocycles. The first-order valence-corrected chi connectivity index (χ1v) is 12.1. The minimum atomic E-state index is -0.439. The SMILES string of the molecule is CN1CC[C@H](NC(=O)N2Cc3c(-c4[nH]c5ncccc5c4Cl)c4c(N)ncnc4n3C(C)(C)C2)C1. The zero-order chi connectivity index (χ0) is 24.5. The molecule has 1 fully saturated rings. The maximum absolute atomic E-state index is 13.4. The van der Waals surface area contributed by atoms with Gasteiger partial charge in [-0.2, -0.15) is 0 Å². The highest BCUT2D eigenvalue weighted by atomic mass is 35.5. The van der Waals surface area contributed by atoms with Gasteiger partial charge in [0.1, 0.15) is 23.4 Å². The normalized spacial score (nSPS) is 20.0. The number of pyridine rings is 1. The summed E-state index contributed by atoms with van der Waals surface area (Å²) in [6.07, 6.45) is 4.16. The lowest BCUT2D eigenvalue weighted by atomic mass is 9.99. The van der Waals surface area contributed by atoms with E-state index < -0.39 is 5.54 Å². The zero-order valence-corrected chi connectivity index (χ0v) is 20.7. The van der Waals surface area contributed by atoms with Gasteiger partial charge in [0.15, 0.2) is 0 Å². The van der Waals surface area contributed by atoms with E-state index in [1.807, 2.05) is 17.0 Å². The number of H-pyrrole nitrogens is 1. The number of rotatable bonds is 2. The second-order valence-corrected chi connectivity index (χ2v) is 10.6. The summed E-state index contributed by atoms with van der Waals surface area (Å²) in [5, 5.41) is 5.33. The molecule has 4 aromatic rings. The molecule has 4 N–H and O–H groups in total. The molecule has 6 heterocycles. The summed E-state index contributed by atoms with van der Waals surface area (Å²) in [4.78, 5) is 34.2. The Labute approximate surface area is 207 Å². The van der Waals surface area contributed by atoms with Crippen LogP contribution in [-0.2, 0) is 12.1 Å². The van der Waals surface area contributed by atoms with Crippen LogP contribution in [0.3, 0.4) is 0 Å². The van der Waals surface area contributed by atoms with E-state index in [4.69, 9.17) is 17.3 Å². The summed E-state index contributed by atoms with van der Waals surface area (Å²) in [6, 6.07) is 3.87. The number of amides is 2. The molecule has 2 amide bonds. The fraction of sp³-hybridized carbons (Fsp3) is 0.417. The Balaban J connectivity index is 1.52. The van der Waals surface area contributed by atoms with E-state index >= 15 is 0 Å². The number of carbonyl (C=O) groups is 1. The van der Waals surface area contributed by atoms with Crippen LogP contribution >= 0.6 is 11.6 Å². The highest BCUT2D eigenvalue weighted by Gasteiger charge is 2.40. The van der Waals surface area contributed by atoms with Gasteiger partial charge < -0.3 is 30.4 Å². The van der Waals surface area contributed by atoms with Gasteiger partial charge in [0.2, 0.25) is 0 Å². The number of anilines is 1. The molecular formula is C24H28ClN9O. The first-order valence-electron chi connectivity index (χ1n) is 11.8.